The Labute approximate surface area is 179 Å². The maximum Gasteiger partial charge on any atom is 0.355 e. The van der Waals surface area contributed by atoms with Crippen molar-refractivity contribution in [2.75, 3.05) is 32.1 Å². The SMILES string of the molecule is COc1ccc(NC(=O)COC(=O)C2=NNC(=O)CC2)cc1S(=O)(=O)N1CCCCC1. The molecular formula is C19H24N4O7S. The molecule has 1 aromatic rings. The third-order valence-electron chi connectivity index (χ3n) is 4.85. The van der Waals surface area contributed by atoms with Gasteiger partial charge < -0.3 is 14.8 Å². The van der Waals surface area contributed by atoms with Crippen LogP contribution in [0, 0.1) is 0 Å². The zero-order valence-corrected chi connectivity index (χ0v) is 17.9. The number of anilines is 1. The molecule has 1 saturated heterocycles. The molecule has 168 valence electrons. The number of carbonyl (C=O) groups excluding carboxylic acids is 3. The van der Waals surface area contributed by atoms with Gasteiger partial charge in [0.2, 0.25) is 15.9 Å². The quantitative estimate of drug-likeness (QED) is 0.577. The summed E-state index contributed by atoms with van der Waals surface area (Å²) in [6.07, 6.45) is 2.80. The summed E-state index contributed by atoms with van der Waals surface area (Å²) in [6.45, 7) is 0.275. The van der Waals surface area contributed by atoms with Crippen LogP contribution in [0.5, 0.6) is 5.75 Å². The minimum atomic E-state index is -3.79. The summed E-state index contributed by atoms with van der Waals surface area (Å²) in [5.41, 5.74) is 2.42. The van der Waals surface area contributed by atoms with E-state index < -0.39 is 28.5 Å². The Morgan fingerprint density at radius 2 is 1.94 bits per heavy atom. The average Bonchev–Trinajstić information content (AvgIpc) is 2.78. The number of carbonyl (C=O) groups is 3. The van der Waals surface area contributed by atoms with Crippen molar-refractivity contribution in [3.8, 4) is 5.75 Å². The third kappa shape index (κ3) is 5.58. The van der Waals surface area contributed by atoms with Crippen molar-refractivity contribution in [3.05, 3.63) is 18.2 Å². The molecule has 11 nitrogen and oxygen atoms in total. The maximum atomic E-state index is 13.0. The zero-order chi connectivity index (χ0) is 22.4. The number of ether oxygens (including phenoxy) is 2. The van der Waals surface area contributed by atoms with Gasteiger partial charge in [0.15, 0.2) is 6.61 Å². The predicted molar refractivity (Wildman–Crippen MR) is 110 cm³/mol. The van der Waals surface area contributed by atoms with Gasteiger partial charge in [0, 0.05) is 31.6 Å². The van der Waals surface area contributed by atoms with Crippen LogP contribution in [0.1, 0.15) is 32.1 Å². The molecule has 0 unspecified atom stereocenters. The monoisotopic (exact) mass is 452 g/mol. The first-order valence-corrected chi connectivity index (χ1v) is 11.3. The van der Waals surface area contributed by atoms with Crippen LogP contribution >= 0.6 is 0 Å². The minimum Gasteiger partial charge on any atom is -0.495 e. The van der Waals surface area contributed by atoms with Crippen molar-refractivity contribution >= 4 is 39.2 Å². The van der Waals surface area contributed by atoms with Gasteiger partial charge in [0.05, 0.1) is 7.11 Å². The summed E-state index contributed by atoms with van der Waals surface area (Å²) in [6, 6.07) is 4.27. The van der Waals surface area contributed by atoms with E-state index in [4.69, 9.17) is 9.47 Å². The number of esters is 1. The van der Waals surface area contributed by atoms with Crippen molar-refractivity contribution in [3.63, 3.8) is 0 Å². The second-order valence-electron chi connectivity index (χ2n) is 7.05. The molecule has 2 N–H and O–H groups in total. The number of benzene rings is 1. The van der Waals surface area contributed by atoms with Crippen LogP contribution in [0.3, 0.4) is 0 Å². The summed E-state index contributed by atoms with van der Waals surface area (Å²) < 4.78 is 37.6. The van der Waals surface area contributed by atoms with Gasteiger partial charge in [-0.15, -0.1) is 0 Å². The number of rotatable bonds is 7. The molecule has 0 saturated carbocycles. The number of amides is 2. The third-order valence-corrected chi connectivity index (χ3v) is 6.77. The lowest BCUT2D eigenvalue weighted by Gasteiger charge is -2.26. The number of hydrogen-bond acceptors (Lipinski definition) is 8. The van der Waals surface area contributed by atoms with Crippen molar-refractivity contribution in [1.29, 1.82) is 0 Å². The van der Waals surface area contributed by atoms with Crippen LogP contribution in [0.15, 0.2) is 28.2 Å². The van der Waals surface area contributed by atoms with Gasteiger partial charge in [-0.05, 0) is 31.0 Å². The summed E-state index contributed by atoms with van der Waals surface area (Å²) in [5, 5.41) is 6.11. The Morgan fingerprint density at radius 3 is 2.58 bits per heavy atom. The standard InChI is InChI=1S/C19H24N4O7S/c1-29-15-7-5-13(11-16(15)31(27,28)23-9-3-2-4-10-23)20-18(25)12-30-19(26)14-6-8-17(24)22-21-14/h5,7,11H,2-4,6,8-10,12H2,1H3,(H,20,25)(H,22,24). The number of hydrogen-bond donors (Lipinski definition) is 2. The van der Waals surface area contributed by atoms with E-state index in [9.17, 15) is 22.8 Å². The first kappa shape index (κ1) is 22.7. The molecule has 1 aromatic carbocycles. The van der Waals surface area contributed by atoms with E-state index in [2.05, 4.69) is 15.8 Å². The van der Waals surface area contributed by atoms with Crippen LogP contribution in [-0.4, -0.2) is 63.0 Å². The van der Waals surface area contributed by atoms with Crippen molar-refractivity contribution in [2.45, 2.75) is 37.0 Å². The van der Waals surface area contributed by atoms with Crippen LogP contribution in [-0.2, 0) is 29.1 Å². The summed E-state index contributed by atoms with van der Waals surface area (Å²) in [4.78, 5) is 35.1. The second kappa shape index (κ2) is 9.88. The fourth-order valence-corrected chi connectivity index (χ4v) is 4.93. The van der Waals surface area contributed by atoms with Gasteiger partial charge in [0.1, 0.15) is 16.4 Å². The summed E-state index contributed by atoms with van der Waals surface area (Å²) >= 11 is 0. The molecule has 0 aromatic heterocycles. The molecule has 0 atom stereocenters. The molecular weight excluding hydrogens is 428 g/mol. The first-order chi connectivity index (χ1) is 14.8. The van der Waals surface area contributed by atoms with E-state index in [1.807, 2.05) is 0 Å². The molecule has 0 spiro atoms. The molecule has 31 heavy (non-hydrogen) atoms. The van der Waals surface area contributed by atoms with Gasteiger partial charge >= 0.3 is 5.97 Å². The molecule has 2 amide bonds. The molecule has 0 bridgehead atoms. The molecule has 0 radical (unpaired) electrons. The number of nitrogens with one attached hydrogen (secondary N) is 2. The molecule has 2 aliphatic rings. The maximum absolute atomic E-state index is 13.0. The smallest absolute Gasteiger partial charge is 0.355 e. The van der Waals surface area contributed by atoms with Gasteiger partial charge in [-0.3, -0.25) is 9.59 Å². The lowest BCUT2D eigenvalue weighted by atomic mass is 10.2. The normalized spacial score (nSPS) is 17.3. The lowest BCUT2D eigenvalue weighted by Crippen LogP contribution is -2.35. The van der Waals surface area contributed by atoms with Crippen LogP contribution < -0.4 is 15.5 Å². The van der Waals surface area contributed by atoms with Crippen LogP contribution in [0.4, 0.5) is 5.69 Å². The number of methoxy groups -OCH3 is 1. The van der Waals surface area contributed by atoms with Gasteiger partial charge in [-0.25, -0.2) is 18.6 Å². The molecule has 2 aliphatic heterocycles. The van der Waals surface area contributed by atoms with Crippen molar-refractivity contribution in [2.24, 2.45) is 5.10 Å². The van der Waals surface area contributed by atoms with E-state index in [1.54, 1.807) is 0 Å². The van der Waals surface area contributed by atoms with E-state index in [0.29, 0.717) is 13.1 Å². The Balaban J connectivity index is 1.66. The summed E-state index contributed by atoms with van der Waals surface area (Å²) in [7, 11) is -2.41. The molecule has 1 fully saturated rings. The number of sulfonamides is 1. The minimum absolute atomic E-state index is 0.0201. The fourth-order valence-electron chi connectivity index (χ4n) is 3.23. The second-order valence-corrected chi connectivity index (χ2v) is 8.95. The lowest BCUT2D eigenvalue weighted by molar-refractivity contribution is -0.140. The Morgan fingerprint density at radius 1 is 1.19 bits per heavy atom. The topological polar surface area (TPSA) is 143 Å². The van der Waals surface area contributed by atoms with Gasteiger partial charge in [-0.1, -0.05) is 6.42 Å². The molecule has 12 heteroatoms. The number of hydrazone groups is 1. The number of piperidine rings is 1. The van der Waals surface area contributed by atoms with E-state index in [-0.39, 0.29) is 40.8 Å². The Kier molecular flexibility index (Phi) is 7.23. The van der Waals surface area contributed by atoms with Crippen LogP contribution in [0.25, 0.3) is 0 Å². The average molecular weight is 452 g/mol. The summed E-state index contributed by atoms with van der Waals surface area (Å²) in [5.74, 6) is -1.59. The fraction of sp³-hybridized carbons (Fsp3) is 0.474. The zero-order valence-electron chi connectivity index (χ0n) is 17.0. The molecule has 0 aliphatic carbocycles. The largest absolute Gasteiger partial charge is 0.495 e. The highest BCUT2D eigenvalue weighted by Crippen LogP contribution is 2.31. The first-order valence-electron chi connectivity index (χ1n) is 9.82. The van der Waals surface area contributed by atoms with Crippen LogP contribution in [0.2, 0.25) is 0 Å². The molecule has 3 rings (SSSR count). The highest BCUT2D eigenvalue weighted by Gasteiger charge is 2.29. The van der Waals surface area contributed by atoms with E-state index >= 15 is 0 Å². The van der Waals surface area contributed by atoms with E-state index in [1.165, 1.54) is 29.6 Å². The number of nitrogens with zero attached hydrogens (tertiary/aromatic N) is 2. The Bertz CT molecular complexity index is 1000. The molecule has 2 heterocycles. The Hall–Kier alpha value is -2.99. The van der Waals surface area contributed by atoms with Crippen molar-refractivity contribution in [1.82, 2.24) is 9.73 Å². The highest BCUT2D eigenvalue weighted by molar-refractivity contribution is 7.89. The highest BCUT2D eigenvalue weighted by atomic mass is 32.2. The van der Waals surface area contributed by atoms with Crippen molar-refractivity contribution < 1.29 is 32.3 Å². The van der Waals surface area contributed by atoms with Gasteiger partial charge in [0.25, 0.3) is 5.91 Å². The van der Waals surface area contributed by atoms with E-state index in [0.717, 1.165) is 19.3 Å². The predicted octanol–water partition coefficient (Wildman–Crippen LogP) is 0.618. The van der Waals surface area contributed by atoms with Gasteiger partial charge in [-0.2, -0.15) is 9.41 Å².